The van der Waals surface area contributed by atoms with Crippen LogP contribution in [0.15, 0.2) is 0 Å². The van der Waals surface area contributed by atoms with Crippen LogP contribution in [0.4, 0.5) is 0 Å². The number of nitrogens with one attached hydrogen (secondary N) is 4. The third-order valence-corrected chi connectivity index (χ3v) is 20.8. The Morgan fingerprint density at radius 3 is 0.919 bits per heavy atom. The van der Waals surface area contributed by atoms with E-state index in [1.807, 2.05) is 0 Å². The second kappa shape index (κ2) is 41.8. The molecule has 5 aliphatic carbocycles. The zero-order chi connectivity index (χ0) is 50.3. The van der Waals surface area contributed by atoms with Crippen molar-refractivity contribution in [3.63, 3.8) is 0 Å². The first kappa shape index (κ1) is 75.9. The molecule has 448 valence electrons. The van der Waals surface area contributed by atoms with E-state index in [0.717, 1.165) is 119 Å². The highest BCUT2D eigenvalue weighted by molar-refractivity contribution is 4.93. The number of fused-ring (bicyclic) bond motifs is 5. The van der Waals surface area contributed by atoms with E-state index in [-0.39, 0.29) is 37.1 Å². The first-order valence-corrected chi connectivity index (χ1v) is 31.9. The predicted molar refractivity (Wildman–Crippen MR) is 341 cm³/mol. The van der Waals surface area contributed by atoms with Gasteiger partial charge in [0.25, 0.3) is 0 Å². The highest BCUT2D eigenvalue weighted by Crippen LogP contribution is 2.47. The Bertz CT molecular complexity index is 1140. The molecule has 4 nitrogen and oxygen atoms in total. The third kappa shape index (κ3) is 28.8. The number of hydrogen-bond donors (Lipinski definition) is 4. The molecule has 0 amide bonds. The van der Waals surface area contributed by atoms with E-state index in [0.29, 0.717) is 0 Å². The third-order valence-electron chi connectivity index (χ3n) is 20.8. The summed E-state index contributed by atoms with van der Waals surface area (Å²) in [6.07, 6.45) is 37.1. The molecule has 5 saturated carbocycles. The van der Waals surface area contributed by atoms with Gasteiger partial charge in [-0.15, -0.1) is 0 Å². The van der Waals surface area contributed by atoms with Crippen LogP contribution in [0.25, 0.3) is 0 Å². The second-order valence-electron chi connectivity index (χ2n) is 28.3. The molecule has 8 atom stereocenters. The molecule has 5 aliphatic heterocycles. The summed E-state index contributed by atoms with van der Waals surface area (Å²) in [7, 11) is 0. The lowest BCUT2D eigenvalue weighted by Crippen LogP contribution is -2.39. The highest BCUT2D eigenvalue weighted by Gasteiger charge is 2.38. The van der Waals surface area contributed by atoms with Crippen LogP contribution in [-0.2, 0) is 0 Å². The summed E-state index contributed by atoms with van der Waals surface area (Å²) in [6.45, 7) is 40.6. The van der Waals surface area contributed by atoms with Crippen molar-refractivity contribution in [2.75, 3.05) is 39.3 Å². The van der Waals surface area contributed by atoms with Gasteiger partial charge in [-0.05, 0) is 223 Å². The Hall–Kier alpha value is -0.160. The topological polar surface area (TPSA) is 48.1 Å². The average Bonchev–Trinajstić information content (AvgIpc) is 4.18. The van der Waals surface area contributed by atoms with Gasteiger partial charge in [-0.1, -0.05) is 218 Å². The Morgan fingerprint density at radius 1 is 0.257 bits per heavy atom. The van der Waals surface area contributed by atoms with Gasteiger partial charge in [0.1, 0.15) is 0 Å². The Kier molecular flexibility index (Phi) is 42.9. The van der Waals surface area contributed by atoms with E-state index in [1.54, 1.807) is 32.1 Å². The molecule has 10 rings (SSSR count). The van der Waals surface area contributed by atoms with Gasteiger partial charge >= 0.3 is 0 Å². The number of rotatable bonds is 7. The van der Waals surface area contributed by atoms with Crippen molar-refractivity contribution < 1.29 is 0 Å². The molecule has 5 heterocycles. The van der Waals surface area contributed by atoms with Crippen molar-refractivity contribution in [3.05, 3.63) is 0 Å². The van der Waals surface area contributed by atoms with Crippen LogP contribution in [0, 0.1) is 107 Å². The van der Waals surface area contributed by atoms with Gasteiger partial charge in [0.15, 0.2) is 0 Å². The minimum Gasteiger partial charge on any atom is -0.317 e. The maximum Gasteiger partial charge on any atom is 0.00729 e. The molecule has 6 unspecified atom stereocenters. The molecule has 10 fully saturated rings. The zero-order valence-electron chi connectivity index (χ0n) is 49.5. The molecule has 4 N–H and O–H groups in total. The monoisotopic (exact) mass is 1050 g/mol. The predicted octanol–water partition coefficient (Wildman–Crippen LogP) is 20.4. The molecule has 4 heteroatoms. The fourth-order valence-electron chi connectivity index (χ4n) is 15.0. The molecule has 0 spiro atoms. The molecule has 4 bridgehead atoms. The van der Waals surface area contributed by atoms with Crippen molar-refractivity contribution in [2.24, 2.45) is 107 Å². The van der Waals surface area contributed by atoms with Crippen LogP contribution < -0.4 is 21.3 Å². The van der Waals surface area contributed by atoms with E-state index >= 15 is 0 Å². The summed E-state index contributed by atoms with van der Waals surface area (Å²) >= 11 is 0. The van der Waals surface area contributed by atoms with Crippen LogP contribution in [0.5, 0.6) is 0 Å². The summed E-state index contributed by atoms with van der Waals surface area (Å²) < 4.78 is 0. The fourth-order valence-corrected chi connectivity index (χ4v) is 15.0. The fraction of sp³-hybridized carbons (Fsp3) is 1.00. The van der Waals surface area contributed by atoms with Crippen LogP contribution in [0.1, 0.15) is 295 Å². The minimum atomic E-state index is 0. The Labute approximate surface area is 471 Å². The highest BCUT2D eigenvalue weighted by atomic mass is 15.0. The maximum atomic E-state index is 3.68. The van der Waals surface area contributed by atoms with Gasteiger partial charge in [0.05, 0.1) is 0 Å². The lowest BCUT2D eigenvalue weighted by Gasteiger charge is -2.31. The zero-order valence-corrected chi connectivity index (χ0v) is 49.5. The van der Waals surface area contributed by atoms with Gasteiger partial charge in [-0.25, -0.2) is 0 Å². The van der Waals surface area contributed by atoms with Crippen LogP contribution in [-0.4, -0.2) is 51.4 Å². The lowest BCUT2D eigenvalue weighted by molar-refractivity contribution is 0.208. The molecule has 0 aromatic carbocycles. The summed E-state index contributed by atoms with van der Waals surface area (Å²) in [5, 5.41) is 13.9. The summed E-state index contributed by atoms with van der Waals surface area (Å²) in [5.74, 6) is 17.9. The quantitative estimate of drug-likeness (QED) is 0.192. The number of piperidine rings is 2. The summed E-state index contributed by atoms with van der Waals surface area (Å²) in [5.41, 5.74) is 0. The van der Waals surface area contributed by atoms with Crippen LogP contribution in [0.2, 0.25) is 0 Å². The Morgan fingerprint density at radius 2 is 0.581 bits per heavy atom. The van der Waals surface area contributed by atoms with Crippen molar-refractivity contribution in [1.82, 2.24) is 21.3 Å². The first-order chi connectivity index (χ1) is 33.0. The molecule has 5 saturated heterocycles. The van der Waals surface area contributed by atoms with Crippen molar-refractivity contribution in [2.45, 2.75) is 307 Å². The molecule has 10 aliphatic rings. The van der Waals surface area contributed by atoms with Gasteiger partial charge in [-0.2, -0.15) is 0 Å². The first-order valence-electron chi connectivity index (χ1n) is 31.9. The molecular weight excluding hydrogens is 897 g/mol. The SMILES string of the molecule is C.C.C.C.C.CC(C)C1CC2CCC(C1)N2.CC(C)C1CC2CCC(C2)C1.CC(C)C1CCCCC1.CC(C)C1CCCCCC1.CC(C)C1CCNC1.CC(C)C1CCNCC1.CC(C)C1C[C@H]2CNC[C@H]2C1. The van der Waals surface area contributed by atoms with E-state index in [9.17, 15) is 0 Å². The number of hydrogen-bond acceptors (Lipinski definition) is 4. The van der Waals surface area contributed by atoms with Gasteiger partial charge < -0.3 is 21.3 Å². The summed E-state index contributed by atoms with van der Waals surface area (Å²) in [6, 6.07) is 1.75. The minimum absolute atomic E-state index is 0. The van der Waals surface area contributed by atoms with E-state index in [1.165, 1.54) is 168 Å². The normalized spacial score (nSPS) is 31.3. The maximum absolute atomic E-state index is 3.68. The molecule has 0 aromatic rings. The van der Waals surface area contributed by atoms with E-state index in [4.69, 9.17) is 0 Å². The van der Waals surface area contributed by atoms with Crippen molar-refractivity contribution in [3.8, 4) is 0 Å². The largest absolute Gasteiger partial charge is 0.317 e. The molecule has 0 radical (unpaired) electrons. The summed E-state index contributed by atoms with van der Waals surface area (Å²) in [4.78, 5) is 0. The second-order valence-corrected chi connectivity index (χ2v) is 28.3. The smallest absolute Gasteiger partial charge is 0.00729 e. The Balaban J connectivity index is 0. The van der Waals surface area contributed by atoms with Crippen LogP contribution >= 0.6 is 0 Å². The molecule has 74 heavy (non-hydrogen) atoms. The average molecular weight is 1050 g/mol. The van der Waals surface area contributed by atoms with E-state index < -0.39 is 0 Å². The van der Waals surface area contributed by atoms with Crippen molar-refractivity contribution >= 4 is 0 Å². The standard InChI is InChI=1S/C11H20.2C10H19N.C10H20.C9H18.C8H17N.C7H15N.5CH4/c1-8(2)11-6-9-3-4-10(5-9)7-11;1-7(2)8-3-9-5-11-6-10(9)4-8;1-7(2)8-5-9-3-4-10(6-8)11-9;1-9(2)10-7-5-3-4-6-8-10;1-8(2)9-6-4-3-5-7-9;1-7(2)8-3-5-9-6-4-8;1-6(2)7-3-4-8-5-7;;;;;/h8-11H,3-7H2,1-2H3;2*7-11H,3-6H2,1-2H3;9-10H,3-8H2,1-2H3;8-9H,3-7H2,1-2H3;7-9H,3-6H2,1-2H3;6-8H,3-5H2,1-2H3;5*1H4/t;8?,9-,10+;;;;;;;;;;. The van der Waals surface area contributed by atoms with Gasteiger partial charge in [0.2, 0.25) is 0 Å². The van der Waals surface area contributed by atoms with Gasteiger partial charge in [-0.3, -0.25) is 0 Å². The van der Waals surface area contributed by atoms with Crippen LogP contribution in [0.3, 0.4) is 0 Å². The molecular formula is C70H148N4. The lowest BCUT2D eigenvalue weighted by atomic mass is 9.76. The van der Waals surface area contributed by atoms with Crippen molar-refractivity contribution in [1.29, 1.82) is 0 Å². The van der Waals surface area contributed by atoms with E-state index in [2.05, 4.69) is 118 Å². The molecule has 0 aromatic heterocycles. The van der Waals surface area contributed by atoms with Gasteiger partial charge in [0, 0.05) is 12.1 Å².